The molecule has 1 amide bonds. The molecule has 0 spiro atoms. The normalized spacial score (nSPS) is 15.8. The number of aliphatic hydroxyl groups excluding tert-OH is 1. The maximum Gasteiger partial charge on any atom is 0.409 e. The minimum Gasteiger partial charge on any atom is -0.449 e. The van der Waals surface area contributed by atoms with Gasteiger partial charge in [-0.3, -0.25) is 4.98 Å². The van der Waals surface area contributed by atoms with Gasteiger partial charge in [-0.15, -0.1) is 0 Å². The van der Waals surface area contributed by atoms with Gasteiger partial charge >= 0.3 is 6.09 Å². The van der Waals surface area contributed by atoms with Gasteiger partial charge in [0.25, 0.3) is 0 Å². The Morgan fingerprint density at radius 1 is 1.09 bits per heavy atom. The van der Waals surface area contributed by atoms with Crippen LogP contribution in [0.15, 0.2) is 42.1 Å². The van der Waals surface area contributed by atoms with Gasteiger partial charge in [0.1, 0.15) is 6.61 Å². The summed E-state index contributed by atoms with van der Waals surface area (Å²) in [5.41, 5.74) is 7.75. The van der Waals surface area contributed by atoms with Gasteiger partial charge in [0.15, 0.2) is 0 Å². The molecular weight excluding hydrogens is 555 g/mol. The number of amides is 1. The monoisotopic (exact) mass is 582 g/mol. The largest absolute Gasteiger partial charge is 0.449 e. The van der Waals surface area contributed by atoms with Crippen LogP contribution in [0.1, 0.15) is 35.2 Å². The first-order valence-corrected chi connectivity index (χ1v) is 14.5. The molecule has 170 valence electrons. The Kier molecular flexibility index (Phi) is 8.79. The van der Waals surface area contributed by atoms with E-state index in [1.54, 1.807) is 21.6 Å². The van der Waals surface area contributed by atoms with E-state index < -0.39 is 0 Å². The van der Waals surface area contributed by atoms with Crippen molar-refractivity contribution >= 4 is 55.8 Å². The Balaban J connectivity index is 1.48. The molecule has 1 N–H and O–H groups in total. The number of aliphatic hydroxyl groups is 1. The molecule has 8 heteroatoms. The predicted molar refractivity (Wildman–Crippen MR) is 141 cm³/mol. The van der Waals surface area contributed by atoms with Gasteiger partial charge in [0.05, 0.1) is 12.3 Å². The van der Waals surface area contributed by atoms with E-state index in [1.165, 1.54) is 31.4 Å². The van der Waals surface area contributed by atoms with Crippen LogP contribution >= 0.6 is 44.2 Å². The van der Waals surface area contributed by atoms with Crippen molar-refractivity contribution in [2.45, 2.75) is 25.7 Å². The second-order valence-corrected chi connectivity index (χ2v) is 11.7. The Hall–Kier alpha value is -1.23. The van der Waals surface area contributed by atoms with Gasteiger partial charge in [-0.1, -0.05) is 39.3 Å². The standard InChI is InChI=1S/C24H27IN2O3S2/c25-20-5-6-21-19(16-20)4-3-18-2-1-9-26-23(18)22(21)17-7-10-27(11-8-17)24(29)30-13-15-32-31-14-12-28/h1-2,5-6,9,16,28H,3-4,7-8,10-15H2. The lowest BCUT2D eigenvalue weighted by molar-refractivity contribution is 0.105. The molecule has 0 unspecified atom stereocenters. The van der Waals surface area contributed by atoms with E-state index in [-0.39, 0.29) is 12.7 Å². The number of benzene rings is 1. The fraction of sp³-hybridized carbons (Fsp3) is 0.417. The number of halogens is 1. The SMILES string of the molecule is O=C(OCCSSCCO)N1CCC(=C2c3ccc(I)cc3CCc3cccnc32)CC1. The van der Waals surface area contributed by atoms with Crippen molar-refractivity contribution in [2.75, 3.05) is 37.8 Å². The number of aromatic nitrogens is 1. The summed E-state index contributed by atoms with van der Waals surface area (Å²) < 4.78 is 6.71. The highest BCUT2D eigenvalue weighted by Gasteiger charge is 2.27. The first-order chi connectivity index (χ1) is 15.7. The highest BCUT2D eigenvalue weighted by Crippen LogP contribution is 2.38. The van der Waals surface area contributed by atoms with Gasteiger partial charge in [-0.2, -0.15) is 0 Å². The zero-order chi connectivity index (χ0) is 22.3. The van der Waals surface area contributed by atoms with Crippen LogP contribution in [0.5, 0.6) is 0 Å². The smallest absolute Gasteiger partial charge is 0.409 e. The van der Waals surface area contributed by atoms with Crippen molar-refractivity contribution in [1.82, 2.24) is 9.88 Å². The van der Waals surface area contributed by atoms with E-state index in [9.17, 15) is 4.79 Å². The van der Waals surface area contributed by atoms with Crippen LogP contribution in [0.3, 0.4) is 0 Å². The van der Waals surface area contributed by atoms with E-state index >= 15 is 0 Å². The van der Waals surface area contributed by atoms with Gasteiger partial charge < -0.3 is 14.7 Å². The van der Waals surface area contributed by atoms with E-state index in [0.717, 1.165) is 37.1 Å². The summed E-state index contributed by atoms with van der Waals surface area (Å²) in [4.78, 5) is 19.1. The number of likely N-dealkylation sites (tertiary alicyclic amines) is 1. The maximum atomic E-state index is 12.5. The number of aryl methyl sites for hydroxylation is 2. The summed E-state index contributed by atoms with van der Waals surface area (Å²) in [5.74, 6) is 1.43. The molecule has 1 saturated heterocycles. The molecule has 0 bridgehead atoms. The summed E-state index contributed by atoms with van der Waals surface area (Å²) in [6.45, 7) is 1.92. The molecule has 1 aliphatic heterocycles. The predicted octanol–water partition coefficient (Wildman–Crippen LogP) is 5.19. The lowest BCUT2D eigenvalue weighted by atomic mass is 9.88. The average molecular weight is 583 g/mol. The molecule has 2 aromatic rings. The molecule has 0 atom stereocenters. The highest BCUT2D eigenvalue weighted by atomic mass is 127. The van der Waals surface area contributed by atoms with Crippen LogP contribution in [-0.4, -0.2) is 58.9 Å². The fourth-order valence-electron chi connectivity index (χ4n) is 4.25. The van der Waals surface area contributed by atoms with E-state index in [4.69, 9.17) is 14.8 Å². The minimum atomic E-state index is -0.226. The Morgan fingerprint density at radius 3 is 2.69 bits per heavy atom. The maximum absolute atomic E-state index is 12.5. The molecule has 1 aromatic heterocycles. The van der Waals surface area contributed by atoms with Crippen LogP contribution in [0.25, 0.3) is 5.57 Å². The van der Waals surface area contributed by atoms with Crippen LogP contribution in [0.4, 0.5) is 4.79 Å². The van der Waals surface area contributed by atoms with Crippen molar-refractivity contribution in [1.29, 1.82) is 0 Å². The number of piperidine rings is 1. The fourth-order valence-corrected chi connectivity index (χ4v) is 6.40. The number of rotatable bonds is 6. The summed E-state index contributed by atoms with van der Waals surface area (Å²) in [6.07, 6.45) is 5.37. The van der Waals surface area contributed by atoms with Gasteiger partial charge in [-0.25, -0.2) is 4.79 Å². The number of pyridine rings is 1. The van der Waals surface area contributed by atoms with Crippen LogP contribution in [-0.2, 0) is 17.6 Å². The van der Waals surface area contributed by atoms with E-state index in [0.29, 0.717) is 25.4 Å². The average Bonchev–Trinajstić information content (AvgIpc) is 2.98. The summed E-state index contributed by atoms with van der Waals surface area (Å²) >= 11 is 2.39. The Morgan fingerprint density at radius 2 is 1.88 bits per heavy atom. The minimum absolute atomic E-state index is 0.173. The number of carbonyl (C=O) groups is 1. The third kappa shape index (κ3) is 5.81. The van der Waals surface area contributed by atoms with Crippen molar-refractivity contribution in [3.8, 4) is 0 Å². The van der Waals surface area contributed by atoms with Crippen LogP contribution in [0.2, 0.25) is 0 Å². The summed E-state index contributed by atoms with van der Waals surface area (Å²) in [6, 6.07) is 10.9. The quantitative estimate of drug-likeness (QED) is 0.288. The molecule has 2 heterocycles. The Labute approximate surface area is 210 Å². The van der Waals surface area contributed by atoms with Crippen molar-refractivity contribution in [3.63, 3.8) is 0 Å². The first-order valence-electron chi connectivity index (χ1n) is 10.9. The molecule has 1 aliphatic carbocycles. The molecule has 32 heavy (non-hydrogen) atoms. The zero-order valence-electron chi connectivity index (χ0n) is 17.9. The third-order valence-corrected chi connectivity index (χ3v) is 8.78. The molecule has 1 fully saturated rings. The third-order valence-electron chi connectivity index (χ3n) is 5.76. The topological polar surface area (TPSA) is 62.7 Å². The van der Waals surface area contributed by atoms with E-state index in [1.807, 2.05) is 17.2 Å². The summed E-state index contributed by atoms with van der Waals surface area (Å²) in [7, 11) is 3.22. The van der Waals surface area contributed by atoms with Crippen molar-refractivity contribution in [2.24, 2.45) is 0 Å². The lowest BCUT2D eigenvalue weighted by Gasteiger charge is -2.29. The highest BCUT2D eigenvalue weighted by molar-refractivity contribution is 14.1. The molecule has 1 aromatic carbocycles. The van der Waals surface area contributed by atoms with E-state index in [2.05, 4.69) is 46.9 Å². The van der Waals surface area contributed by atoms with Gasteiger partial charge in [0, 0.05) is 39.9 Å². The number of fused-ring (bicyclic) bond motifs is 2. The number of nitrogens with zero attached hydrogens (tertiary/aromatic N) is 2. The van der Waals surface area contributed by atoms with Crippen molar-refractivity contribution in [3.05, 3.63) is 68.1 Å². The molecule has 0 saturated carbocycles. The lowest BCUT2D eigenvalue weighted by Crippen LogP contribution is -2.37. The number of hydrogen-bond acceptors (Lipinski definition) is 6. The summed E-state index contributed by atoms with van der Waals surface area (Å²) in [5, 5.41) is 8.80. The van der Waals surface area contributed by atoms with Crippen LogP contribution < -0.4 is 0 Å². The second kappa shape index (κ2) is 11.8. The van der Waals surface area contributed by atoms with Crippen molar-refractivity contribution < 1.29 is 14.6 Å². The molecule has 4 rings (SSSR count). The number of carbonyl (C=O) groups excluding carboxylic acids is 1. The molecular formula is C24H27IN2O3S2. The molecule has 2 aliphatic rings. The molecule has 0 radical (unpaired) electrons. The van der Waals surface area contributed by atoms with Gasteiger partial charge in [0.2, 0.25) is 0 Å². The molecule has 5 nitrogen and oxygen atoms in total. The Bertz CT molecular complexity index is 989. The zero-order valence-corrected chi connectivity index (χ0v) is 21.7. The van der Waals surface area contributed by atoms with Crippen LogP contribution in [0, 0.1) is 3.57 Å². The van der Waals surface area contributed by atoms with Gasteiger partial charge in [-0.05, 0) is 83.2 Å². The first kappa shape index (κ1) is 23.9. The second-order valence-electron chi connectivity index (χ2n) is 7.76. The number of ether oxygens (including phenoxy) is 1. The number of hydrogen-bond donors (Lipinski definition) is 1.